The summed E-state index contributed by atoms with van der Waals surface area (Å²) in [4.78, 5) is 41.6. The first-order valence-electron chi connectivity index (χ1n) is 7.56. The van der Waals surface area contributed by atoms with Crippen molar-refractivity contribution in [2.45, 2.75) is 19.9 Å². The van der Waals surface area contributed by atoms with Gasteiger partial charge in [0.15, 0.2) is 0 Å². The quantitative estimate of drug-likeness (QED) is 0.746. The normalized spacial score (nSPS) is 12.1. The van der Waals surface area contributed by atoms with Gasteiger partial charge >= 0.3 is 0 Å². The number of rotatable bonds is 4. The molecule has 2 aromatic heterocycles. The van der Waals surface area contributed by atoms with Crippen LogP contribution in [0.2, 0.25) is 0 Å². The van der Waals surface area contributed by atoms with Crippen LogP contribution < -0.4 is 16.6 Å². The molecule has 0 aliphatic rings. The third-order valence-electron chi connectivity index (χ3n) is 3.94. The molecule has 1 atom stereocenters. The molecule has 128 valence electrons. The van der Waals surface area contributed by atoms with Gasteiger partial charge < -0.3 is 11.1 Å². The molecule has 0 saturated carbocycles. The van der Waals surface area contributed by atoms with Crippen molar-refractivity contribution in [2.24, 2.45) is 5.73 Å². The Morgan fingerprint density at radius 2 is 1.96 bits per heavy atom. The molecular formula is C17H16N4O3S. The standard InChI is InChI=1S/C17H16N4O3S/c1-9-12-16(25-13(9)14(18)22)19-8-21(17(12)24)10(2)15(23)20-11-6-4-3-5-7-11/h3-8,10H,1-2H3,(H2,18,22)(H,20,23). The van der Waals surface area contributed by atoms with Gasteiger partial charge in [0.1, 0.15) is 10.9 Å². The Labute approximate surface area is 147 Å². The van der Waals surface area contributed by atoms with Crippen molar-refractivity contribution in [2.75, 3.05) is 5.32 Å². The number of nitrogens with two attached hydrogens (primary N) is 1. The van der Waals surface area contributed by atoms with Crippen LogP contribution in [0.4, 0.5) is 5.69 Å². The summed E-state index contributed by atoms with van der Waals surface area (Å²) in [6.45, 7) is 3.27. The van der Waals surface area contributed by atoms with Crippen molar-refractivity contribution in [3.05, 3.63) is 57.5 Å². The molecule has 3 rings (SSSR count). The smallest absolute Gasteiger partial charge is 0.263 e. The molecule has 1 aromatic carbocycles. The maximum atomic E-state index is 12.8. The van der Waals surface area contributed by atoms with Gasteiger partial charge in [-0.15, -0.1) is 11.3 Å². The Hall–Kier alpha value is -3.00. The molecule has 0 spiro atoms. The minimum absolute atomic E-state index is 0.304. The molecule has 0 fully saturated rings. The summed E-state index contributed by atoms with van der Waals surface area (Å²) in [6.07, 6.45) is 1.32. The summed E-state index contributed by atoms with van der Waals surface area (Å²) in [6, 6.07) is 8.21. The summed E-state index contributed by atoms with van der Waals surface area (Å²) in [5.41, 5.74) is 6.10. The second-order valence-electron chi connectivity index (χ2n) is 5.59. The molecule has 3 aromatic rings. The van der Waals surface area contributed by atoms with E-state index in [9.17, 15) is 14.4 Å². The van der Waals surface area contributed by atoms with Gasteiger partial charge in [0.2, 0.25) is 5.91 Å². The van der Waals surface area contributed by atoms with Gasteiger partial charge in [0.25, 0.3) is 11.5 Å². The highest BCUT2D eigenvalue weighted by Gasteiger charge is 2.22. The molecule has 0 saturated heterocycles. The number of thiophene rings is 1. The van der Waals surface area contributed by atoms with Gasteiger partial charge in [-0.05, 0) is 31.5 Å². The number of aryl methyl sites for hydroxylation is 1. The summed E-state index contributed by atoms with van der Waals surface area (Å²) < 4.78 is 1.26. The minimum atomic E-state index is -0.763. The number of amides is 2. The topological polar surface area (TPSA) is 107 Å². The van der Waals surface area contributed by atoms with Gasteiger partial charge in [-0.1, -0.05) is 18.2 Å². The van der Waals surface area contributed by atoms with Gasteiger partial charge in [0, 0.05) is 5.69 Å². The van der Waals surface area contributed by atoms with Crippen molar-refractivity contribution in [3.8, 4) is 0 Å². The number of benzene rings is 1. The number of carbonyl (C=O) groups excluding carboxylic acids is 2. The lowest BCUT2D eigenvalue weighted by Gasteiger charge is -2.14. The van der Waals surface area contributed by atoms with E-state index >= 15 is 0 Å². The van der Waals surface area contributed by atoms with Gasteiger partial charge in [0.05, 0.1) is 16.6 Å². The van der Waals surface area contributed by atoms with E-state index < -0.39 is 11.9 Å². The highest BCUT2D eigenvalue weighted by Crippen LogP contribution is 2.26. The van der Waals surface area contributed by atoms with Crippen LogP contribution in [0.25, 0.3) is 10.2 Å². The average Bonchev–Trinajstić information content (AvgIpc) is 2.93. The predicted octanol–water partition coefficient (Wildman–Crippen LogP) is 2.07. The zero-order valence-corrected chi connectivity index (χ0v) is 14.5. The number of para-hydroxylation sites is 1. The van der Waals surface area contributed by atoms with E-state index in [0.29, 0.717) is 26.3 Å². The fourth-order valence-electron chi connectivity index (χ4n) is 2.54. The lowest BCUT2D eigenvalue weighted by Crippen LogP contribution is -2.31. The molecule has 0 aliphatic heterocycles. The molecule has 3 N–H and O–H groups in total. The van der Waals surface area contributed by atoms with Crippen LogP contribution in [0.1, 0.15) is 28.2 Å². The lowest BCUT2D eigenvalue weighted by atomic mass is 10.2. The fraction of sp³-hybridized carbons (Fsp3) is 0.176. The molecule has 8 heteroatoms. The van der Waals surface area contributed by atoms with E-state index in [1.54, 1.807) is 38.1 Å². The monoisotopic (exact) mass is 356 g/mol. The van der Waals surface area contributed by atoms with Crippen LogP contribution >= 0.6 is 11.3 Å². The number of nitrogens with one attached hydrogen (secondary N) is 1. The second-order valence-corrected chi connectivity index (χ2v) is 6.59. The van der Waals surface area contributed by atoms with E-state index in [4.69, 9.17) is 5.73 Å². The summed E-state index contributed by atoms with van der Waals surface area (Å²) in [7, 11) is 0. The number of nitrogens with zero attached hydrogens (tertiary/aromatic N) is 2. The summed E-state index contributed by atoms with van der Waals surface area (Å²) >= 11 is 1.08. The number of primary amides is 1. The maximum Gasteiger partial charge on any atom is 0.263 e. The van der Waals surface area contributed by atoms with E-state index in [2.05, 4.69) is 10.3 Å². The van der Waals surface area contributed by atoms with Crippen LogP contribution in [-0.4, -0.2) is 21.4 Å². The van der Waals surface area contributed by atoms with Crippen molar-refractivity contribution < 1.29 is 9.59 Å². The molecule has 2 amide bonds. The lowest BCUT2D eigenvalue weighted by molar-refractivity contribution is -0.118. The first-order valence-corrected chi connectivity index (χ1v) is 8.37. The first-order chi connectivity index (χ1) is 11.9. The van der Waals surface area contributed by atoms with E-state index in [-0.39, 0.29) is 11.5 Å². The SMILES string of the molecule is Cc1c(C(N)=O)sc2ncn(C(C)C(=O)Nc3ccccc3)c(=O)c12. The Bertz CT molecular complexity index is 1020. The molecule has 0 aliphatic carbocycles. The molecular weight excluding hydrogens is 340 g/mol. The maximum absolute atomic E-state index is 12.8. The Morgan fingerprint density at radius 1 is 1.28 bits per heavy atom. The van der Waals surface area contributed by atoms with Crippen LogP contribution in [0, 0.1) is 6.92 Å². The highest BCUT2D eigenvalue weighted by atomic mass is 32.1. The number of hydrogen-bond acceptors (Lipinski definition) is 5. The Balaban J connectivity index is 1.99. The fourth-order valence-corrected chi connectivity index (χ4v) is 3.53. The molecule has 1 unspecified atom stereocenters. The van der Waals surface area contributed by atoms with Crippen LogP contribution in [-0.2, 0) is 4.79 Å². The van der Waals surface area contributed by atoms with Crippen LogP contribution in [0.5, 0.6) is 0 Å². The summed E-state index contributed by atoms with van der Waals surface area (Å²) in [5.74, 6) is -0.932. The Morgan fingerprint density at radius 3 is 2.60 bits per heavy atom. The summed E-state index contributed by atoms with van der Waals surface area (Å²) in [5, 5.41) is 3.08. The van der Waals surface area contributed by atoms with Crippen molar-refractivity contribution in [1.29, 1.82) is 0 Å². The highest BCUT2D eigenvalue weighted by molar-refractivity contribution is 7.20. The molecule has 7 nitrogen and oxygen atoms in total. The van der Waals surface area contributed by atoms with Crippen molar-refractivity contribution in [1.82, 2.24) is 9.55 Å². The second kappa shape index (κ2) is 6.48. The number of fused-ring (bicyclic) bond motifs is 1. The third kappa shape index (κ3) is 3.03. The van der Waals surface area contributed by atoms with Crippen LogP contribution in [0.3, 0.4) is 0 Å². The molecule has 0 radical (unpaired) electrons. The van der Waals surface area contributed by atoms with Crippen molar-refractivity contribution >= 4 is 39.1 Å². The Kier molecular flexibility index (Phi) is 4.37. The molecule has 25 heavy (non-hydrogen) atoms. The number of aromatic nitrogens is 2. The average molecular weight is 356 g/mol. The van der Waals surface area contributed by atoms with Crippen LogP contribution in [0.15, 0.2) is 41.5 Å². The predicted molar refractivity (Wildman–Crippen MR) is 96.9 cm³/mol. The minimum Gasteiger partial charge on any atom is -0.365 e. The van der Waals surface area contributed by atoms with Crippen molar-refractivity contribution in [3.63, 3.8) is 0 Å². The zero-order valence-electron chi connectivity index (χ0n) is 13.6. The number of anilines is 1. The number of hydrogen-bond donors (Lipinski definition) is 2. The molecule has 0 bridgehead atoms. The largest absolute Gasteiger partial charge is 0.365 e. The van der Waals surface area contributed by atoms with E-state index in [0.717, 1.165) is 11.3 Å². The van der Waals surface area contributed by atoms with E-state index in [1.165, 1.54) is 10.9 Å². The van der Waals surface area contributed by atoms with Gasteiger partial charge in [-0.3, -0.25) is 19.0 Å². The zero-order chi connectivity index (χ0) is 18.1. The van der Waals surface area contributed by atoms with Gasteiger partial charge in [-0.25, -0.2) is 4.98 Å². The molecule has 2 heterocycles. The van der Waals surface area contributed by atoms with Gasteiger partial charge in [-0.2, -0.15) is 0 Å². The van der Waals surface area contributed by atoms with E-state index in [1.807, 2.05) is 6.07 Å². The third-order valence-corrected chi connectivity index (χ3v) is 5.15. The first kappa shape index (κ1) is 16.8. The number of carbonyl (C=O) groups is 2.